The molecule has 0 amide bonds. The van der Waals surface area contributed by atoms with E-state index in [1.165, 1.54) is 18.5 Å². The zero-order chi connectivity index (χ0) is 16.5. The molecule has 3 aromatic rings. The zero-order valence-electron chi connectivity index (χ0n) is 13.6. The molecule has 0 radical (unpaired) electrons. The molecule has 0 aliphatic carbocycles. The molecule has 1 saturated heterocycles. The van der Waals surface area contributed by atoms with E-state index in [1.807, 2.05) is 17.6 Å². The lowest BCUT2D eigenvalue weighted by atomic mass is 9.94. The number of fused-ring (bicyclic) bond motifs is 1. The van der Waals surface area contributed by atoms with Crippen molar-refractivity contribution in [1.29, 1.82) is 0 Å². The van der Waals surface area contributed by atoms with Crippen LogP contribution in [0.25, 0.3) is 5.78 Å². The molecular weight excluding hydrogens is 368 g/mol. The molecule has 0 bridgehead atoms. The number of rotatable bonds is 3. The van der Waals surface area contributed by atoms with Crippen molar-refractivity contribution in [2.45, 2.75) is 32.2 Å². The Hall–Kier alpha value is -1.86. The molecule has 4 heterocycles. The highest BCUT2D eigenvalue weighted by Gasteiger charge is 2.24. The highest BCUT2D eigenvalue weighted by Crippen LogP contribution is 2.28. The molecular formula is C17H19BrN6. The average Bonchev–Trinajstić information content (AvgIpc) is 3.05. The molecule has 1 aliphatic heterocycles. The van der Waals surface area contributed by atoms with Gasteiger partial charge in [0.25, 0.3) is 5.78 Å². The van der Waals surface area contributed by atoms with Crippen LogP contribution < -0.4 is 0 Å². The molecule has 3 aromatic heterocycles. The fourth-order valence-corrected chi connectivity index (χ4v) is 3.65. The monoisotopic (exact) mass is 386 g/mol. The van der Waals surface area contributed by atoms with Crippen molar-refractivity contribution in [2.75, 3.05) is 13.1 Å². The van der Waals surface area contributed by atoms with Gasteiger partial charge in [0.15, 0.2) is 0 Å². The number of piperidine rings is 1. The lowest BCUT2D eigenvalue weighted by Crippen LogP contribution is -2.35. The first-order chi connectivity index (χ1) is 11.7. The summed E-state index contributed by atoms with van der Waals surface area (Å²) in [5.74, 6) is 1.14. The summed E-state index contributed by atoms with van der Waals surface area (Å²) in [4.78, 5) is 15.7. The Morgan fingerprint density at radius 3 is 3.04 bits per heavy atom. The maximum absolute atomic E-state index is 4.50. The first kappa shape index (κ1) is 15.7. The maximum atomic E-state index is 4.50. The Kier molecular flexibility index (Phi) is 4.28. The van der Waals surface area contributed by atoms with E-state index in [-0.39, 0.29) is 0 Å². The van der Waals surface area contributed by atoms with Gasteiger partial charge in [-0.3, -0.25) is 9.88 Å². The molecule has 7 heteroatoms. The van der Waals surface area contributed by atoms with E-state index in [0.29, 0.717) is 11.7 Å². The van der Waals surface area contributed by atoms with Crippen LogP contribution in [0.1, 0.15) is 35.8 Å². The second-order valence-corrected chi connectivity index (χ2v) is 7.25. The third-order valence-electron chi connectivity index (χ3n) is 4.51. The fraction of sp³-hybridized carbons (Fsp3) is 0.412. The third kappa shape index (κ3) is 3.18. The van der Waals surface area contributed by atoms with Gasteiger partial charge in [0.05, 0.1) is 11.4 Å². The van der Waals surface area contributed by atoms with E-state index in [4.69, 9.17) is 0 Å². The molecule has 4 rings (SSSR count). The Labute approximate surface area is 149 Å². The molecule has 1 atom stereocenters. The van der Waals surface area contributed by atoms with Crippen LogP contribution >= 0.6 is 15.9 Å². The van der Waals surface area contributed by atoms with Gasteiger partial charge in [-0.05, 0) is 60.4 Å². The summed E-state index contributed by atoms with van der Waals surface area (Å²) in [6, 6.07) is 6.28. The number of hydrogen-bond donors (Lipinski definition) is 0. The van der Waals surface area contributed by atoms with Gasteiger partial charge >= 0.3 is 0 Å². The number of likely N-dealkylation sites (tertiary alicyclic amines) is 1. The summed E-state index contributed by atoms with van der Waals surface area (Å²) in [5, 5.41) is 4.36. The van der Waals surface area contributed by atoms with Crippen LogP contribution in [0.15, 0.2) is 35.2 Å². The SMILES string of the molecule is Cc1cc(C2CCCN(Cc3ccc(Br)cn3)C2)n2ncnc2n1. The van der Waals surface area contributed by atoms with E-state index in [9.17, 15) is 0 Å². The number of aromatic nitrogens is 5. The van der Waals surface area contributed by atoms with E-state index in [1.54, 1.807) is 6.33 Å². The molecule has 6 nitrogen and oxygen atoms in total. The van der Waals surface area contributed by atoms with Gasteiger partial charge in [0.1, 0.15) is 6.33 Å². The van der Waals surface area contributed by atoms with Crippen molar-refractivity contribution < 1.29 is 0 Å². The molecule has 124 valence electrons. The predicted octanol–water partition coefficient (Wildman–Crippen LogP) is 2.97. The topological polar surface area (TPSA) is 59.2 Å². The molecule has 24 heavy (non-hydrogen) atoms. The van der Waals surface area contributed by atoms with Crippen LogP contribution in [-0.2, 0) is 6.54 Å². The van der Waals surface area contributed by atoms with Crippen molar-refractivity contribution in [3.8, 4) is 0 Å². The molecule has 0 spiro atoms. The number of pyridine rings is 1. The number of aryl methyl sites for hydroxylation is 1. The summed E-state index contributed by atoms with van der Waals surface area (Å²) < 4.78 is 2.91. The zero-order valence-corrected chi connectivity index (χ0v) is 15.1. The van der Waals surface area contributed by atoms with E-state index in [0.717, 1.165) is 35.5 Å². The minimum atomic E-state index is 0.445. The Morgan fingerprint density at radius 1 is 1.29 bits per heavy atom. The maximum Gasteiger partial charge on any atom is 0.252 e. The van der Waals surface area contributed by atoms with Gasteiger partial charge in [0, 0.05) is 35.4 Å². The quantitative estimate of drug-likeness (QED) is 0.692. The smallest absolute Gasteiger partial charge is 0.252 e. The first-order valence-electron chi connectivity index (χ1n) is 8.19. The lowest BCUT2D eigenvalue weighted by Gasteiger charge is -2.32. The van der Waals surface area contributed by atoms with Crippen molar-refractivity contribution in [1.82, 2.24) is 29.5 Å². The molecule has 1 unspecified atom stereocenters. The fourth-order valence-electron chi connectivity index (χ4n) is 3.42. The lowest BCUT2D eigenvalue weighted by molar-refractivity contribution is 0.195. The van der Waals surface area contributed by atoms with E-state index >= 15 is 0 Å². The molecule has 0 aromatic carbocycles. The largest absolute Gasteiger partial charge is 0.297 e. The van der Waals surface area contributed by atoms with Crippen molar-refractivity contribution in [3.05, 3.63) is 52.3 Å². The van der Waals surface area contributed by atoms with Gasteiger partial charge in [-0.25, -0.2) is 9.50 Å². The summed E-state index contributed by atoms with van der Waals surface area (Å²) in [6.07, 6.45) is 5.79. The number of hydrogen-bond acceptors (Lipinski definition) is 5. The van der Waals surface area contributed by atoms with Gasteiger partial charge in [0.2, 0.25) is 0 Å². The summed E-state index contributed by atoms with van der Waals surface area (Å²) in [5.41, 5.74) is 3.32. The minimum Gasteiger partial charge on any atom is -0.297 e. The number of halogens is 1. The summed E-state index contributed by atoms with van der Waals surface area (Å²) in [6.45, 7) is 5.02. The molecule has 1 fully saturated rings. The van der Waals surface area contributed by atoms with Crippen LogP contribution in [0.5, 0.6) is 0 Å². The summed E-state index contributed by atoms with van der Waals surface area (Å²) in [7, 11) is 0. The van der Waals surface area contributed by atoms with Crippen LogP contribution in [0, 0.1) is 6.92 Å². The first-order valence-corrected chi connectivity index (χ1v) is 8.98. The predicted molar refractivity (Wildman–Crippen MR) is 94.7 cm³/mol. The molecule has 0 saturated carbocycles. The van der Waals surface area contributed by atoms with E-state index in [2.05, 4.69) is 59.1 Å². The third-order valence-corrected chi connectivity index (χ3v) is 4.97. The van der Waals surface area contributed by atoms with Gasteiger partial charge in [-0.2, -0.15) is 10.1 Å². The second-order valence-electron chi connectivity index (χ2n) is 6.34. The van der Waals surface area contributed by atoms with Crippen LogP contribution in [-0.4, -0.2) is 42.6 Å². The Morgan fingerprint density at radius 2 is 2.21 bits per heavy atom. The van der Waals surface area contributed by atoms with E-state index < -0.39 is 0 Å². The summed E-state index contributed by atoms with van der Waals surface area (Å²) >= 11 is 3.44. The Balaban J connectivity index is 1.55. The van der Waals surface area contributed by atoms with Crippen molar-refractivity contribution in [3.63, 3.8) is 0 Å². The molecule has 0 N–H and O–H groups in total. The number of nitrogens with zero attached hydrogens (tertiary/aromatic N) is 6. The average molecular weight is 387 g/mol. The highest BCUT2D eigenvalue weighted by molar-refractivity contribution is 9.10. The highest BCUT2D eigenvalue weighted by atomic mass is 79.9. The van der Waals surface area contributed by atoms with Crippen LogP contribution in [0.4, 0.5) is 0 Å². The van der Waals surface area contributed by atoms with Gasteiger partial charge in [-0.1, -0.05) is 0 Å². The standard InChI is InChI=1S/C17H19BrN6/c1-12-7-16(24-17(22-12)20-11-21-24)13-3-2-6-23(9-13)10-15-5-4-14(18)8-19-15/h4-5,7-8,11,13H,2-3,6,9-10H2,1H3. The van der Waals surface area contributed by atoms with Crippen molar-refractivity contribution in [2.24, 2.45) is 0 Å². The van der Waals surface area contributed by atoms with Crippen LogP contribution in [0.3, 0.4) is 0 Å². The van der Waals surface area contributed by atoms with Gasteiger partial charge < -0.3 is 0 Å². The van der Waals surface area contributed by atoms with Crippen LogP contribution in [0.2, 0.25) is 0 Å². The minimum absolute atomic E-state index is 0.445. The van der Waals surface area contributed by atoms with Gasteiger partial charge in [-0.15, -0.1) is 0 Å². The van der Waals surface area contributed by atoms with Crippen molar-refractivity contribution >= 4 is 21.7 Å². The Bertz CT molecular complexity index is 844. The second kappa shape index (κ2) is 6.57. The molecule has 1 aliphatic rings. The normalized spacial score (nSPS) is 19.0.